The summed E-state index contributed by atoms with van der Waals surface area (Å²) in [5.74, 6) is -0.209. The maximum Gasteiger partial charge on any atom is 0.439 e. The molecular weight excluding hydrogens is 182 g/mol. The van der Waals surface area contributed by atoms with E-state index in [1.807, 2.05) is 6.07 Å². The van der Waals surface area contributed by atoms with Crippen LogP contribution in [-0.2, 0) is 6.42 Å². The molecule has 0 saturated heterocycles. The van der Waals surface area contributed by atoms with Gasteiger partial charge in [0.2, 0.25) is 5.82 Å². The molecule has 0 unspecified atom stereocenters. The Bertz CT molecular complexity index is 469. The summed E-state index contributed by atoms with van der Waals surface area (Å²) in [6.07, 6.45) is 2.69. The SMILES string of the molecule is CCc1ccc(-c2noc(=O)[nH]2)nc1. The lowest BCUT2D eigenvalue weighted by atomic mass is 10.2. The molecule has 5 heteroatoms. The zero-order chi connectivity index (χ0) is 9.97. The summed E-state index contributed by atoms with van der Waals surface area (Å²) in [4.78, 5) is 17.2. The minimum absolute atomic E-state index is 0.359. The van der Waals surface area contributed by atoms with E-state index in [0.717, 1.165) is 12.0 Å². The molecule has 0 amide bonds. The summed E-state index contributed by atoms with van der Waals surface area (Å²) >= 11 is 0. The van der Waals surface area contributed by atoms with Crippen LogP contribution in [-0.4, -0.2) is 15.1 Å². The van der Waals surface area contributed by atoms with Crippen LogP contribution in [0.4, 0.5) is 0 Å². The number of nitrogens with one attached hydrogen (secondary N) is 1. The Morgan fingerprint density at radius 2 is 2.36 bits per heavy atom. The average molecular weight is 191 g/mol. The van der Waals surface area contributed by atoms with Crippen molar-refractivity contribution in [3.05, 3.63) is 34.4 Å². The van der Waals surface area contributed by atoms with E-state index in [0.29, 0.717) is 11.5 Å². The van der Waals surface area contributed by atoms with Gasteiger partial charge in [0.25, 0.3) is 0 Å². The first-order valence-corrected chi connectivity index (χ1v) is 4.31. The topological polar surface area (TPSA) is 71.8 Å². The molecule has 1 N–H and O–H groups in total. The first-order chi connectivity index (χ1) is 6.79. The number of nitrogens with zero attached hydrogens (tertiary/aromatic N) is 2. The van der Waals surface area contributed by atoms with Gasteiger partial charge in [0.1, 0.15) is 5.69 Å². The van der Waals surface area contributed by atoms with Crippen LogP contribution in [0.1, 0.15) is 12.5 Å². The summed E-state index contributed by atoms with van der Waals surface area (Å²) in [6.45, 7) is 2.05. The van der Waals surface area contributed by atoms with Crippen LogP contribution in [0.5, 0.6) is 0 Å². The minimum Gasteiger partial charge on any atom is -0.296 e. The van der Waals surface area contributed by atoms with Gasteiger partial charge < -0.3 is 0 Å². The van der Waals surface area contributed by atoms with E-state index < -0.39 is 5.76 Å². The Labute approximate surface area is 79.8 Å². The molecule has 0 aromatic carbocycles. The normalized spacial score (nSPS) is 10.4. The van der Waals surface area contributed by atoms with Crippen LogP contribution >= 0.6 is 0 Å². The summed E-state index contributed by atoms with van der Waals surface area (Å²) in [6, 6.07) is 3.74. The number of pyridine rings is 1. The van der Waals surface area contributed by atoms with E-state index >= 15 is 0 Å². The summed E-state index contributed by atoms with van der Waals surface area (Å²) in [7, 11) is 0. The lowest BCUT2D eigenvalue weighted by Crippen LogP contribution is -1.95. The van der Waals surface area contributed by atoms with Crippen LogP contribution < -0.4 is 5.76 Å². The predicted octanol–water partition coefficient (Wildman–Crippen LogP) is 0.987. The molecule has 14 heavy (non-hydrogen) atoms. The number of hydrogen-bond donors (Lipinski definition) is 1. The van der Waals surface area contributed by atoms with Gasteiger partial charge in [0.15, 0.2) is 0 Å². The van der Waals surface area contributed by atoms with Crippen molar-refractivity contribution in [2.45, 2.75) is 13.3 Å². The maximum absolute atomic E-state index is 10.7. The molecule has 72 valence electrons. The predicted molar refractivity (Wildman–Crippen MR) is 49.7 cm³/mol. The van der Waals surface area contributed by atoms with Crippen molar-refractivity contribution in [2.24, 2.45) is 0 Å². The van der Waals surface area contributed by atoms with Crippen LogP contribution in [0.2, 0.25) is 0 Å². The van der Waals surface area contributed by atoms with Gasteiger partial charge in [0, 0.05) is 6.20 Å². The molecule has 0 radical (unpaired) electrons. The number of rotatable bonds is 2. The van der Waals surface area contributed by atoms with Crippen LogP contribution in [0.25, 0.3) is 11.5 Å². The maximum atomic E-state index is 10.7. The van der Waals surface area contributed by atoms with Crippen molar-refractivity contribution in [3.8, 4) is 11.5 Å². The lowest BCUT2D eigenvalue weighted by Gasteiger charge is -1.96. The van der Waals surface area contributed by atoms with Crippen molar-refractivity contribution in [2.75, 3.05) is 0 Å². The van der Waals surface area contributed by atoms with E-state index in [1.165, 1.54) is 0 Å². The van der Waals surface area contributed by atoms with Crippen molar-refractivity contribution in [1.29, 1.82) is 0 Å². The monoisotopic (exact) mass is 191 g/mol. The third-order valence-corrected chi connectivity index (χ3v) is 1.92. The molecule has 0 aliphatic heterocycles. The highest BCUT2D eigenvalue weighted by atomic mass is 16.5. The number of aromatic amines is 1. The molecule has 2 heterocycles. The molecule has 0 aliphatic carbocycles. The summed E-state index contributed by atoms with van der Waals surface area (Å²) in [5, 5.41) is 3.54. The van der Waals surface area contributed by atoms with Gasteiger partial charge in [-0.25, -0.2) is 4.79 Å². The van der Waals surface area contributed by atoms with E-state index in [-0.39, 0.29) is 0 Å². The second kappa shape index (κ2) is 3.45. The molecule has 2 rings (SSSR count). The van der Waals surface area contributed by atoms with Gasteiger partial charge in [-0.15, -0.1) is 0 Å². The Hall–Kier alpha value is -1.91. The molecule has 0 bridgehead atoms. The largest absolute Gasteiger partial charge is 0.439 e. The van der Waals surface area contributed by atoms with Crippen molar-refractivity contribution in [1.82, 2.24) is 15.1 Å². The molecule has 2 aromatic rings. The zero-order valence-electron chi connectivity index (χ0n) is 7.65. The molecule has 0 saturated carbocycles. The summed E-state index contributed by atoms with van der Waals surface area (Å²) < 4.78 is 4.37. The van der Waals surface area contributed by atoms with Gasteiger partial charge >= 0.3 is 5.76 Å². The van der Waals surface area contributed by atoms with Gasteiger partial charge in [-0.05, 0) is 18.1 Å². The number of aryl methyl sites for hydroxylation is 1. The molecule has 2 aromatic heterocycles. The highest BCUT2D eigenvalue weighted by Crippen LogP contribution is 2.10. The molecule has 0 fully saturated rings. The third-order valence-electron chi connectivity index (χ3n) is 1.92. The van der Waals surface area contributed by atoms with E-state index in [4.69, 9.17) is 0 Å². The smallest absolute Gasteiger partial charge is 0.296 e. The number of H-pyrrole nitrogens is 1. The molecule has 0 atom stereocenters. The molecular formula is C9H9N3O2. The zero-order valence-corrected chi connectivity index (χ0v) is 7.65. The van der Waals surface area contributed by atoms with E-state index in [9.17, 15) is 4.79 Å². The Morgan fingerprint density at radius 1 is 1.50 bits per heavy atom. The first-order valence-electron chi connectivity index (χ1n) is 4.31. The minimum atomic E-state index is -0.568. The van der Waals surface area contributed by atoms with Crippen molar-refractivity contribution >= 4 is 0 Å². The van der Waals surface area contributed by atoms with Crippen LogP contribution in [0.3, 0.4) is 0 Å². The number of hydrogen-bond acceptors (Lipinski definition) is 4. The molecule has 0 spiro atoms. The highest BCUT2D eigenvalue weighted by Gasteiger charge is 2.04. The fraction of sp³-hybridized carbons (Fsp3) is 0.222. The second-order valence-electron chi connectivity index (χ2n) is 2.85. The third kappa shape index (κ3) is 1.56. The van der Waals surface area contributed by atoms with Crippen molar-refractivity contribution in [3.63, 3.8) is 0 Å². The van der Waals surface area contributed by atoms with Gasteiger partial charge in [-0.3, -0.25) is 14.5 Å². The average Bonchev–Trinajstić information content (AvgIpc) is 2.65. The number of aromatic nitrogens is 3. The highest BCUT2D eigenvalue weighted by molar-refractivity contribution is 5.47. The van der Waals surface area contributed by atoms with E-state index in [2.05, 4.69) is 26.6 Å². The fourth-order valence-corrected chi connectivity index (χ4v) is 1.11. The Morgan fingerprint density at radius 3 is 2.86 bits per heavy atom. The first kappa shape index (κ1) is 8.68. The molecule has 0 aliphatic rings. The van der Waals surface area contributed by atoms with Gasteiger partial charge in [-0.1, -0.05) is 18.1 Å². The van der Waals surface area contributed by atoms with Crippen LogP contribution in [0, 0.1) is 0 Å². The standard InChI is InChI=1S/C9H9N3O2/c1-2-6-3-4-7(10-5-6)8-11-9(13)14-12-8/h3-5H,2H2,1H3,(H,11,12,13). The van der Waals surface area contributed by atoms with E-state index in [1.54, 1.807) is 12.3 Å². The Balaban J connectivity index is 2.38. The van der Waals surface area contributed by atoms with Crippen LogP contribution in [0.15, 0.2) is 27.6 Å². The summed E-state index contributed by atoms with van der Waals surface area (Å²) in [5.41, 5.74) is 1.74. The lowest BCUT2D eigenvalue weighted by molar-refractivity contribution is 0.387. The van der Waals surface area contributed by atoms with Crippen molar-refractivity contribution < 1.29 is 4.52 Å². The van der Waals surface area contributed by atoms with Gasteiger partial charge in [-0.2, -0.15) is 0 Å². The second-order valence-corrected chi connectivity index (χ2v) is 2.85. The fourth-order valence-electron chi connectivity index (χ4n) is 1.11. The molecule has 5 nitrogen and oxygen atoms in total. The van der Waals surface area contributed by atoms with Gasteiger partial charge in [0.05, 0.1) is 0 Å². The quantitative estimate of drug-likeness (QED) is 0.768. The Kier molecular flexibility index (Phi) is 2.14.